The Balaban J connectivity index is 2.15. The van der Waals surface area contributed by atoms with Crippen molar-refractivity contribution in [3.63, 3.8) is 0 Å². The normalized spacial score (nSPS) is 18.6. The fraction of sp³-hybridized carbons (Fsp3) is 0.500. The van der Waals surface area contributed by atoms with E-state index in [1.54, 1.807) is 6.07 Å². The molecule has 1 atom stereocenters. The Morgan fingerprint density at radius 3 is 2.90 bits per heavy atom. The van der Waals surface area contributed by atoms with Crippen LogP contribution in [0.1, 0.15) is 16.9 Å². The van der Waals surface area contributed by atoms with Gasteiger partial charge < -0.3 is 19.5 Å². The van der Waals surface area contributed by atoms with E-state index in [1.165, 1.54) is 13.2 Å². The highest BCUT2D eigenvalue weighted by Crippen LogP contribution is 2.18. The van der Waals surface area contributed by atoms with Gasteiger partial charge in [-0.25, -0.2) is 4.79 Å². The van der Waals surface area contributed by atoms with E-state index in [-0.39, 0.29) is 18.2 Å². The number of esters is 1. The summed E-state index contributed by atoms with van der Waals surface area (Å²) in [6, 6.07) is 2.83. The number of aromatic nitrogens is 2. The molecule has 1 aliphatic heterocycles. The van der Waals surface area contributed by atoms with E-state index in [0.717, 1.165) is 0 Å². The van der Waals surface area contributed by atoms with Crippen molar-refractivity contribution in [2.45, 2.75) is 12.5 Å². The van der Waals surface area contributed by atoms with Gasteiger partial charge in [0.15, 0.2) is 11.5 Å². The van der Waals surface area contributed by atoms with Gasteiger partial charge in [-0.3, -0.25) is 4.79 Å². The third kappa shape index (κ3) is 3.21. The lowest BCUT2D eigenvalue weighted by molar-refractivity contribution is -0.138. The van der Waals surface area contributed by atoms with Crippen molar-refractivity contribution >= 4 is 17.8 Å². The van der Waals surface area contributed by atoms with Gasteiger partial charge in [0.05, 0.1) is 32.8 Å². The van der Waals surface area contributed by atoms with Crippen LogP contribution in [0.2, 0.25) is 0 Å². The standard InChI is InChI=1S/C12H15N3O5/c1-19-12(18)9-2-3-10(14-13-9)15-4-5-20-7-8(15)6-11(16)17/h2-3,8H,4-7H2,1H3,(H,16,17). The smallest absolute Gasteiger partial charge is 0.358 e. The Labute approximate surface area is 115 Å². The average Bonchev–Trinajstić information content (AvgIpc) is 2.46. The second-order valence-electron chi connectivity index (χ2n) is 4.29. The summed E-state index contributed by atoms with van der Waals surface area (Å²) in [5.74, 6) is -0.940. The summed E-state index contributed by atoms with van der Waals surface area (Å²) in [6.45, 7) is 1.35. The van der Waals surface area contributed by atoms with E-state index in [1.807, 2.05) is 4.90 Å². The number of hydrogen-bond donors (Lipinski definition) is 1. The average molecular weight is 281 g/mol. The lowest BCUT2D eigenvalue weighted by Crippen LogP contribution is -2.47. The molecular formula is C12H15N3O5. The third-order valence-corrected chi connectivity index (χ3v) is 2.98. The Hall–Kier alpha value is -2.22. The Morgan fingerprint density at radius 1 is 1.50 bits per heavy atom. The minimum atomic E-state index is -0.898. The zero-order valence-corrected chi connectivity index (χ0v) is 11.0. The van der Waals surface area contributed by atoms with Crippen LogP contribution in [-0.4, -0.2) is 60.2 Å². The molecule has 2 rings (SSSR count). The van der Waals surface area contributed by atoms with Crippen LogP contribution in [0.4, 0.5) is 5.82 Å². The molecule has 0 saturated carbocycles. The topological polar surface area (TPSA) is 102 Å². The summed E-state index contributed by atoms with van der Waals surface area (Å²) in [5, 5.41) is 16.6. The number of carboxylic acid groups (broad SMARTS) is 1. The van der Waals surface area contributed by atoms with Gasteiger partial charge in [-0.2, -0.15) is 0 Å². The lowest BCUT2D eigenvalue weighted by Gasteiger charge is -2.35. The van der Waals surface area contributed by atoms with Crippen LogP contribution in [-0.2, 0) is 14.3 Å². The summed E-state index contributed by atoms with van der Waals surface area (Å²) in [5.41, 5.74) is 0.110. The first kappa shape index (κ1) is 14.2. The van der Waals surface area contributed by atoms with E-state index < -0.39 is 11.9 Å². The van der Waals surface area contributed by atoms with Crippen LogP contribution in [0.3, 0.4) is 0 Å². The molecule has 0 amide bonds. The molecule has 1 aromatic heterocycles. The minimum absolute atomic E-state index is 0.0412. The molecule has 0 aliphatic carbocycles. The molecular weight excluding hydrogens is 266 g/mol. The molecule has 1 saturated heterocycles. The number of carbonyl (C=O) groups excluding carboxylic acids is 1. The number of anilines is 1. The fourth-order valence-electron chi connectivity index (χ4n) is 2.02. The van der Waals surface area contributed by atoms with Crippen molar-refractivity contribution in [3.8, 4) is 0 Å². The number of nitrogens with zero attached hydrogens (tertiary/aromatic N) is 3. The summed E-state index contributed by atoms with van der Waals surface area (Å²) in [6.07, 6.45) is -0.0412. The van der Waals surface area contributed by atoms with Crippen LogP contribution < -0.4 is 4.90 Å². The SMILES string of the molecule is COC(=O)c1ccc(N2CCOCC2CC(=O)O)nn1. The number of ether oxygens (including phenoxy) is 2. The number of morpholine rings is 1. The maximum absolute atomic E-state index is 11.3. The van der Waals surface area contributed by atoms with Gasteiger partial charge in [0.25, 0.3) is 0 Å². The van der Waals surface area contributed by atoms with Gasteiger partial charge in [0, 0.05) is 6.54 Å². The molecule has 2 heterocycles. The molecule has 0 radical (unpaired) electrons. The van der Waals surface area contributed by atoms with Crippen LogP contribution in [0.15, 0.2) is 12.1 Å². The highest BCUT2D eigenvalue weighted by atomic mass is 16.5. The molecule has 1 aromatic rings. The predicted octanol–water partition coefficient (Wildman–Crippen LogP) is -0.0569. The predicted molar refractivity (Wildman–Crippen MR) is 67.6 cm³/mol. The van der Waals surface area contributed by atoms with Crippen LogP contribution >= 0.6 is 0 Å². The summed E-state index contributed by atoms with van der Waals surface area (Å²) in [7, 11) is 1.27. The van der Waals surface area contributed by atoms with Gasteiger partial charge in [0.1, 0.15) is 0 Å². The first-order valence-corrected chi connectivity index (χ1v) is 6.10. The van der Waals surface area contributed by atoms with Gasteiger partial charge >= 0.3 is 11.9 Å². The maximum Gasteiger partial charge on any atom is 0.358 e. The second-order valence-corrected chi connectivity index (χ2v) is 4.29. The highest BCUT2D eigenvalue weighted by molar-refractivity contribution is 5.87. The van der Waals surface area contributed by atoms with Crippen LogP contribution in [0.5, 0.6) is 0 Å². The van der Waals surface area contributed by atoms with E-state index in [0.29, 0.717) is 25.6 Å². The van der Waals surface area contributed by atoms with Crippen LogP contribution in [0, 0.1) is 0 Å². The van der Waals surface area contributed by atoms with E-state index in [2.05, 4.69) is 14.9 Å². The molecule has 0 spiro atoms. The second kappa shape index (κ2) is 6.29. The summed E-state index contributed by atoms with van der Waals surface area (Å²) < 4.78 is 9.83. The fourth-order valence-corrected chi connectivity index (χ4v) is 2.02. The number of hydrogen-bond acceptors (Lipinski definition) is 7. The molecule has 8 nitrogen and oxygen atoms in total. The Kier molecular flexibility index (Phi) is 4.46. The summed E-state index contributed by atoms with van der Waals surface area (Å²) >= 11 is 0. The van der Waals surface area contributed by atoms with Gasteiger partial charge in [0.2, 0.25) is 0 Å². The van der Waals surface area contributed by atoms with Crippen molar-refractivity contribution in [2.75, 3.05) is 31.8 Å². The Morgan fingerprint density at radius 2 is 2.30 bits per heavy atom. The molecule has 1 fully saturated rings. The summed E-state index contributed by atoms with van der Waals surface area (Å²) in [4.78, 5) is 23.9. The molecule has 1 unspecified atom stereocenters. The first-order chi connectivity index (χ1) is 9.61. The van der Waals surface area contributed by atoms with E-state index in [9.17, 15) is 9.59 Å². The largest absolute Gasteiger partial charge is 0.481 e. The molecule has 0 aromatic carbocycles. The quantitative estimate of drug-likeness (QED) is 0.766. The molecule has 1 N–H and O–H groups in total. The number of rotatable bonds is 4. The van der Waals surface area contributed by atoms with Crippen molar-refractivity contribution in [1.82, 2.24) is 10.2 Å². The molecule has 20 heavy (non-hydrogen) atoms. The van der Waals surface area contributed by atoms with E-state index >= 15 is 0 Å². The monoisotopic (exact) mass is 281 g/mol. The number of methoxy groups -OCH3 is 1. The van der Waals surface area contributed by atoms with Crippen LogP contribution in [0.25, 0.3) is 0 Å². The zero-order chi connectivity index (χ0) is 14.5. The zero-order valence-electron chi connectivity index (χ0n) is 11.0. The van der Waals surface area contributed by atoms with Gasteiger partial charge in [-0.1, -0.05) is 0 Å². The number of carbonyl (C=O) groups is 2. The van der Waals surface area contributed by atoms with E-state index in [4.69, 9.17) is 9.84 Å². The Bertz CT molecular complexity index is 490. The number of aliphatic carboxylic acids is 1. The first-order valence-electron chi connectivity index (χ1n) is 6.10. The van der Waals surface area contributed by atoms with Crippen molar-refractivity contribution in [1.29, 1.82) is 0 Å². The maximum atomic E-state index is 11.3. The molecule has 1 aliphatic rings. The molecule has 108 valence electrons. The minimum Gasteiger partial charge on any atom is -0.481 e. The van der Waals surface area contributed by atoms with Crippen molar-refractivity contribution < 1.29 is 24.2 Å². The van der Waals surface area contributed by atoms with Crippen molar-refractivity contribution in [2.24, 2.45) is 0 Å². The van der Waals surface area contributed by atoms with Gasteiger partial charge in [-0.05, 0) is 12.1 Å². The highest BCUT2D eigenvalue weighted by Gasteiger charge is 2.26. The van der Waals surface area contributed by atoms with Crippen molar-refractivity contribution in [3.05, 3.63) is 17.8 Å². The number of carboxylic acids is 1. The lowest BCUT2D eigenvalue weighted by atomic mass is 10.1. The third-order valence-electron chi connectivity index (χ3n) is 2.98. The molecule has 8 heteroatoms. The van der Waals surface area contributed by atoms with Gasteiger partial charge in [-0.15, -0.1) is 10.2 Å². The molecule has 0 bridgehead atoms.